The molecule has 1 unspecified atom stereocenters. The highest BCUT2D eigenvalue weighted by molar-refractivity contribution is 7.10. The zero-order valence-electron chi connectivity index (χ0n) is 9.80. The molecule has 2 rings (SSSR count). The van der Waals surface area contributed by atoms with E-state index in [1.807, 2.05) is 41.8 Å². The number of hydrogen-bond acceptors (Lipinski definition) is 3. The lowest BCUT2D eigenvalue weighted by atomic mass is 10.1. The molecular formula is C14H16O2S. The Kier molecular flexibility index (Phi) is 4.18. The molecule has 2 aromatic rings. The van der Waals surface area contributed by atoms with E-state index in [-0.39, 0.29) is 0 Å². The number of aliphatic hydroxyl groups excluding tert-OH is 1. The molecule has 0 aliphatic heterocycles. The predicted octanol–water partition coefficient (Wildman–Crippen LogP) is 3.62. The average Bonchev–Trinajstić information content (AvgIpc) is 2.89. The van der Waals surface area contributed by atoms with E-state index < -0.39 is 6.10 Å². The van der Waals surface area contributed by atoms with Crippen molar-refractivity contribution in [3.05, 3.63) is 52.2 Å². The van der Waals surface area contributed by atoms with Crippen LogP contribution in [0.2, 0.25) is 0 Å². The van der Waals surface area contributed by atoms with Gasteiger partial charge in [-0.2, -0.15) is 0 Å². The van der Waals surface area contributed by atoms with Crippen LogP contribution in [0.5, 0.6) is 5.75 Å². The highest BCUT2D eigenvalue weighted by atomic mass is 32.1. The van der Waals surface area contributed by atoms with Crippen LogP contribution in [-0.2, 0) is 0 Å². The zero-order valence-corrected chi connectivity index (χ0v) is 10.6. The van der Waals surface area contributed by atoms with E-state index in [1.54, 1.807) is 11.3 Å². The van der Waals surface area contributed by atoms with Crippen LogP contribution >= 0.6 is 11.3 Å². The van der Waals surface area contributed by atoms with Gasteiger partial charge in [-0.05, 0) is 35.6 Å². The highest BCUT2D eigenvalue weighted by Gasteiger charge is 2.11. The van der Waals surface area contributed by atoms with Gasteiger partial charge in [0, 0.05) is 4.88 Å². The van der Waals surface area contributed by atoms with Gasteiger partial charge in [0.2, 0.25) is 0 Å². The van der Waals surface area contributed by atoms with Gasteiger partial charge in [0.15, 0.2) is 0 Å². The molecule has 90 valence electrons. The van der Waals surface area contributed by atoms with E-state index in [0.717, 1.165) is 22.6 Å². The summed E-state index contributed by atoms with van der Waals surface area (Å²) < 4.78 is 5.56. The molecule has 1 N–H and O–H groups in total. The number of benzene rings is 1. The van der Waals surface area contributed by atoms with E-state index in [2.05, 4.69) is 6.92 Å². The van der Waals surface area contributed by atoms with Crippen molar-refractivity contribution < 1.29 is 9.84 Å². The molecule has 2 nitrogen and oxygen atoms in total. The fourth-order valence-corrected chi connectivity index (χ4v) is 2.34. The van der Waals surface area contributed by atoms with Gasteiger partial charge in [-0.3, -0.25) is 0 Å². The van der Waals surface area contributed by atoms with Crippen molar-refractivity contribution in [3.8, 4) is 5.75 Å². The fourth-order valence-electron chi connectivity index (χ4n) is 1.61. The van der Waals surface area contributed by atoms with Crippen LogP contribution in [0.4, 0.5) is 0 Å². The molecule has 0 saturated heterocycles. The summed E-state index contributed by atoms with van der Waals surface area (Å²) in [6, 6.07) is 11.5. The summed E-state index contributed by atoms with van der Waals surface area (Å²) in [5, 5.41) is 12.2. The minimum atomic E-state index is -0.555. The lowest BCUT2D eigenvalue weighted by Crippen LogP contribution is -1.99. The van der Waals surface area contributed by atoms with Crippen LogP contribution in [0.15, 0.2) is 41.8 Å². The van der Waals surface area contributed by atoms with E-state index in [1.165, 1.54) is 0 Å². The van der Waals surface area contributed by atoms with Crippen LogP contribution < -0.4 is 4.74 Å². The predicted molar refractivity (Wildman–Crippen MR) is 70.6 cm³/mol. The van der Waals surface area contributed by atoms with E-state index >= 15 is 0 Å². The quantitative estimate of drug-likeness (QED) is 0.875. The molecule has 1 atom stereocenters. The highest BCUT2D eigenvalue weighted by Crippen LogP contribution is 2.27. The Labute approximate surface area is 105 Å². The van der Waals surface area contributed by atoms with Crippen molar-refractivity contribution in [1.29, 1.82) is 0 Å². The third kappa shape index (κ3) is 3.08. The SMILES string of the molecule is CCCOc1cccc(C(O)c2cccs2)c1. The lowest BCUT2D eigenvalue weighted by Gasteiger charge is -2.11. The largest absolute Gasteiger partial charge is 0.494 e. The van der Waals surface area contributed by atoms with Gasteiger partial charge in [-0.1, -0.05) is 25.1 Å². The maximum atomic E-state index is 10.2. The molecular weight excluding hydrogens is 232 g/mol. The average molecular weight is 248 g/mol. The van der Waals surface area contributed by atoms with Crippen LogP contribution in [0, 0.1) is 0 Å². The molecule has 0 amide bonds. The molecule has 0 radical (unpaired) electrons. The summed E-state index contributed by atoms with van der Waals surface area (Å²) >= 11 is 1.56. The van der Waals surface area contributed by atoms with Gasteiger partial charge >= 0.3 is 0 Å². The number of rotatable bonds is 5. The van der Waals surface area contributed by atoms with Gasteiger partial charge in [0.1, 0.15) is 11.9 Å². The van der Waals surface area contributed by atoms with E-state index in [0.29, 0.717) is 6.61 Å². The molecule has 1 heterocycles. The third-order valence-electron chi connectivity index (χ3n) is 2.46. The Morgan fingerprint density at radius 3 is 2.88 bits per heavy atom. The smallest absolute Gasteiger partial charge is 0.119 e. The molecule has 17 heavy (non-hydrogen) atoms. The number of hydrogen-bond donors (Lipinski definition) is 1. The molecule has 0 aliphatic rings. The zero-order chi connectivity index (χ0) is 12.1. The Morgan fingerprint density at radius 1 is 1.29 bits per heavy atom. The second kappa shape index (κ2) is 5.84. The van der Waals surface area contributed by atoms with Crippen molar-refractivity contribution in [2.45, 2.75) is 19.4 Å². The first-order valence-corrected chi connectivity index (χ1v) is 6.63. The molecule has 0 spiro atoms. The summed E-state index contributed by atoms with van der Waals surface area (Å²) in [5.41, 5.74) is 0.876. The Hall–Kier alpha value is -1.32. The molecule has 0 fully saturated rings. The normalized spacial score (nSPS) is 12.4. The Balaban J connectivity index is 2.15. The summed E-state index contributed by atoms with van der Waals surface area (Å²) in [7, 11) is 0. The van der Waals surface area contributed by atoms with Crippen molar-refractivity contribution in [3.63, 3.8) is 0 Å². The van der Waals surface area contributed by atoms with Gasteiger partial charge in [-0.25, -0.2) is 0 Å². The van der Waals surface area contributed by atoms with Gasteiger partial charge < -0.3 is 9.84 Å². The first-order chi connectivity index (χ1) is 8.31. The lowest BCUT2D eigenvalue weighted by molar-refractivity contribution is 0.223. The number of thiophene rings is 1. The van der Waals surface area contributed by atoms with E-state index in [9.17, 15) is 5.11 Å². The topological polar surface area (TPSA) is 29.5 Å². The molecule has 0 bridgehead atoms. The fraction of sp³-hybridized carbons (Fsp3) is 0.286. The first-order valence-electron chi connectivity index (χ1n) is 5.75. The molecule has 1 aromatic heterocycles. The number of ether oxygens (including phenoxy) is 1. The summed E-state index contributed by atoms with van der Waals surface area (Å²) in [6.07, 6.45) is 0.428. The van der Waals surface area contributed by atoms with Crippen molar-refractivity contribution >= 4 is 11.3 Å². The number of aliphatic hydroxyl groups is 1. The minimum Gasteiger partial charge on any atom is -0.494 e. The Morgan fingerprint density at radius 2 is 2.18 bits per heavy atom. The molecule has 3 heteroatoms. The van der Waals surface area contributed by atoms with Crippen LogP contribution in [0.1, 0.15) is 29.9 Å². The van der Waals surface area contributed by atoms with Crippen LogP contribution in [0.25, 0.3) is 0 Å². The minimum absolute atomic E-state index is 0.555. The maximum absolute atomic E-state index is 10.2. The summed E-state index contributed by atoms with van der Waals surface area (Å²) in [6.45, 7) is 2.78. The molecule has 0 aliphatic carbocycles. The van der Waals surface area contributed by atoms with E-state index in [4.69, 9.17) is 4.74 Å². The van der Waals surface area contributed by atoms with Crippen molar-refractivity contribution in [2.24, 2.45) is 0 Å². The maximum Gasteiger partial charge on any atom is 0.119 e. The monoisotopic (exact) mass is 248 g/mol. The van der Waals surface area contributed by atoms with Crippen molar-refractivity contribution in [1.82, 2.24) is 0 Å². The Bertz CT molecular complexity index is 451. The second-order valence-electron chi connectivity index (χ2n) is 3.84. The van der Waals surface area contributed by atoms with Gasteiger partial charge in [0.25, 0.3) is 0 Å². The summed E-state index contributed by atoms with van der Waals surface area (Å²) in [4.78, 5) is 0.956. The molecule has 0 saturated carbocycles. The van der Waals surface area contributed by atoms with Crippen LogP contribution in [-0.4, -0.2) is 11.7 Å². The van der Waals surface area contributed by atoms with Gasteiger partial charge in [0.05, 0.1) is 6.61 Å². The second-order valence-corrected chi connectivity index (χ2v) is 4.82. The van der Waals surface area contributed by atoms with Crippen molar-refractivity contribution in [2.75, 3.05) is 6.61 Å². The van der Waals surface area contributed by atoms with Crippen LogP contribution in [0.3, 0.4) is 0 Å². The first kappa shape index (κ1) is 12.1. The third-order valence-corrected chi connectivity index (χ3v) is 3.38. The summed E-state index contributed by atoms with van der Waals surface area (Å²) in [5.74, 6) is 0.819. The van der Waals surface area contributed by atoms with Gasteiger partial charge in [-0.15, -0.1) is 11.3 Å². The molecule has 1 aromatic carbocycles. The standard InChI is InChI=1S/C14H16O2S/c1-2-8-16-12-6-3-5-11(10-12)14(15)13-7-4-9-17-13/h3-7,9-10,14-15H,2,8H2,1H3.